The molecule has 0 unspecified atom stereocenters. The van der Waals surface area contributed by atoms with Gasteiger partial charge < -0.3 is 9.64 Å². The third-order valence-corrected chi connectivity index (χ3v) is 4.27. The Labute approximate surface area is 150 Å². The minimum Gasteiger partial charge on any atom is -0.444 e. The summed E-state index contributed by atoms with van der Waals surface area (Å²) < 4.78 is 5.48. The highest BCUT2D eigenvalue weighted by molar-refractivity contribution is 5.86. The maximum absolute atomic E-state index is 13.1. The summed E-state index contributed by atoms with van der Waals surface area (Å²) in [5.74, 6) is 0.00205. The van der Waals surface area contributed by atoms with Crippen LogP contribution in [-0.2, 0) is 16.1 Å². The monoisotopic (exact) mass is 346 g/mol. The Morgan fingerprint density at radius 2 is 1.88 bits per heavy atom. The summed E-state index contributed by atoms with van der Waals surface area (Å²) >= 11 is 0. The molecule has 1 aliphatic rings. The maximum Gasteiger partial charge on any atom is 0.410 e. The van der Waals surface area contributed by atoms with E-state index in [0.717, 1.165) is 12.0 Å². The van der Waals surface area contributed by atoms with Gasteiger partial charge in [0.1, 0.15) is 11.6 Å². The van der Waals surface area contributed by atoms with Gasteiger partial charge >= 0.3 is 6.09 Å². The van der Waals surface area contributed by atoms with E-state index in [9.17, 15) is 9.59 Å². The molecule has 1 atom stereocenters. The average molecular weight is 346 g/mol. The number of hydrogen-bond donors (Lipinski definition) is 0. The Balaban J connectivity index is 2.13. The van der Waals surface area contributed by atoms with Crippen molar-refractivity contribution < 1.29 is 14.3 Å². The molecule has 2 amide bonds. The Hall–Kier alpha value is -2.04. The van der Waals surface area contributed by atoms with Crippen molar-refractivity contribution in [2.75, 3.05) is 6.54 Å². The van der Waals surface area contributed by atoms with Crippen molar-refractivity contribution in [3.63, 3.8) is 0 Å². The Kier molecular flexibility index (Phi) is 6.09. The Bertz CT molecular complexity index is 593. The van der Waals surface area contributed by atoms with E-state index in [0.29, 0.717) is 19.5 Å². The lowest BCUT2D eigenvalue weighted by molar-refractivity contribution is -0.138. The lowest BCUT2D eigenvalue weighted by Gasteiger charge is -2.33. The summed E-state index contributed by atoms with van der Waals surface area (Å²) in [5, 5.41) is 0. The fraction of sp³-hybridized carbons (Fsp3) is 0.600. The number of amides is 2. The smallest absolute Gasteiger partial charge is 0.410 e. The van der Waals surface area contributed by atoms with E-state index in [1.54, 1.807) is 4.90 Å². The lowest BCUT2D eigenvalue weighted by Crippen LogP contribution is -2.50. The Morgan fingerprint density at radius 3 is 2.44 bits per heavy atom. The van der Waals surface area contributed by atoms with Crippen LogP contribution in [-0.4, -0.2) is 46.0 Å². The van der Waals surface area contributed by atoms with Crippen molar-refractivity contribution in [3.8, 4) is 0 Å². The first-order chi connectivity index (χ1) is 11.7. The van der Waals surface area contributed by atoms with E-state index in [1.165, 1.54) is 0 Å². The SMILES string of the molecule is CC(C)N(Cc1ccccc1)C(=O)[C@@H]1CCCN1C(=O)OC(C)(C)C. The quantitative estimate of drug-likeness (QED) is 0.833. The molecule has 0 N–H and O–H groups in total. The summed E-state index contributed by atoms with van der Waals surface area (Å²) in [6.07, 6.45) is 1.12. The van der Waals surface area contributed by atoms with E-state index >= 15 is 0 Å². The van der Waals surface area contributed by atoms with Crippen LogP contribution >= 0.6 is 0 Å². The minimum atomic E-state index is -0.560. The summed E-state index contributed by atoms with van der Waals surface area (Å²) in [6.45, 7) is 10.7. The minimum absolute atomic E-state index is 0.00205. The fourth-order valence-corrected chi connectivity index (χ4v) is 3.05. The van der Waals surface area contributed by atoms with Gasteiger partial charge in [-0.05, 0) is 53.0 Å². The van der Waals surface area contributed by atoms with Crippen LogP contribution in [0.3, 0.4) is 0 Å². The average Bonchev–Trinajstić information content (AvgIpc) is 3.01. The number of rotatable bonds is 4. The molecule has 5 heteroatoms. The second-order valence-electron chi connectivity index (χ2n) is 7.88. The standard InChI is InChI=1S/C20H30N2O3/c1-15(2)22(14-16-10-7-6-8-11-16)18(23)17-12-9-13-21(17)19(24)25-20(3,4)5/h6-8,10-11,15,17H,9,12-14H2,1-5H3/t17-/m0/s1. The normalized spacial score (nSPS) is 17.7. The predicted molar refractivity (Wildman–Crippen MR) is 98.1 cm³/mol. The molecule has 1 aliphatic heterocycles. The van der Waals surface area contributed by atoms with E-state index in [2.05, 4.69) is 0 Å². The number of hydrogen-bond acceptors (Lipinski definition) is 3. The molecule has 1 aromatic rings. The number of carbonyl (C=O) groups excluding carboxylic acids is 2. The van der Waals surface area contributed by atoms with Crippen LogP contribution < -0.4 is 0 Å². The second-order valence-corrected chi connectivity index (χ2v) is 7.88. The third kappa shape index (κ3) is 5.21. The van der Waals surface area contributed by atoms with Gasteiger partial charge in [-0.1, -0.05) is 30.3 Å². The van der Waals surface area contributed by atoms with Crippen molar-refractivity contribution in [1.82, 2.24) is 9.80 Å². The first-order valence-corrected chi connectivity index (χ1v) is 9.03. The molecule has 0 saturated carbocycles. The van der Waals surface area contributed by atoms with Gasteiger partial charge in [0.25, 0.3) is 0 Å². The van der Waals surface area contributed by atoms with Gasteiger partial charge in [-0.3, -0.25) is 9.69 Å². The molecule has 0 spiro atoms. The van der Waals surface area contributed by atoms with Crippen LogP contribution in [0.1, 0.15) is 53.0 Å². The van der Waals surface area contributed by atoms with Crippen molar-refractivity contribution in [2.24, 2.45) is 0 Å². The zero-order valence-electron chi connectivity index (χ0n) is 16.0. The molecular formula is C20H30N2O3. The molecule has 1 saturated heterocycles. The molecule has 2 rings (SSSR count). The van der Waals surface area contributed by atoms with Gasteiger partial charge in [0.05, 0.1) is 0 Å². The van der Waals surface area contributed by atoms with Crippen LogP contribution in [0.25, 0.3) is 0 Å². The van der Waals surface area contributed by atoms with E-state index in [1.807, 2.05) is 69.9 Å². The molecule has 1 fully saturated rings. The van der Waals surface area contributed by atoms with Crippen LogP contribution in [0.5, 0.6) is 0 Å². The first kappa shape index (κ1) is 19.3. The van der Waals surface area contributed by atoms with Crippen LogP contribution in [0.2, 0.25) is 0 Å². The van der Waals surface area contributed by atoms with Gasteiger partial charge in [0.2, 0.25) is 5.91 Å². The van der Waals surface area contributed by atoms with Crippen molar-refractivity contribution >= 4 is 12.0 Å². The molecule has 1 heterocycles. The molecule has 5 nitrogen and oxygen atoms in total. The first-order valence-electron chi connectivity index (χ1n) is 9.03. The number of benzene rings is 1. The van der Waals surface area contributed by atoms with Gasteiger partial charge in [-0.15, -0.1) is 0 Å². The van der Waals surface area contributed by atoms with Gasteiger partial charge in [0.15, 0.2) is 0 Å². The molecule has 0 bridgehead atoms. The fourth-order valence-electron chi connectivity index (χ4n) is 3.05. The zero-order valence-corrected chi connectivity index (χ0v) is 16.0. The largest absolute Gasteiger partial charge is 0.444 e. The van der Waals surface area contributed by atoms with Crippen molar-refractivity contribution in [1.29, 1.82) is 0 Å². The van der Waals surface area contributed by atoms with Crippen LogP contribution in [0.4, 0.5) is 4.79 Å². The number of likely N-dealkylation sites (tertiary alicyclic amines) is 1. The molecule has 138 valence electrons. The van der Waals surface area contributed by atoms with Crippen LogP contribution in [0, 0.1) is 0 Å². The molecule has 1 aromatic carbocycles. The maximum atomic E-state index is 13.1. The third-order valence-electron chi connectivity index (χ3n) is 4.27. The number of nitrogens with zero attached hydrogens (tertiary/aromatic N) is 2. The summed E-state index contributed by atoms with van der Waals surface area (Å²) in [5.41, 5.74) is 0.529. The van der Waals surface area contributed by atoms with Gasteiger partial charge in [-0.25, -0.2) is 4.79 Å². The highest BCUT2D eigenvalue weighted by Gasteiger charge is 2.39. The highest BCUT2D eigenvalue weighted by atomic mass is 16.6. The summed E-state index contributed by atoms with van der Waals surface area (Å²) in [4.78, 5) is 29.0. The topological polar surface area (TPSA) is 49.9 Å². The van der Waals surface area contributed by atoms with E-state index in [4.69, 9.17) is 4.74 Å². The highest BCUT2D eigenvalue weighted by Crippen LogP contribution is 2.24. The molecule has 0 radical (unpaired) electrons. The number of carbonyl (C=O) groups is 2. The van der Waals surface area contributed by atoms with Gasteiger partial charge in [0, 0.05) is 19.1 Å². The molecule has 0 aromatic heterocycles. The number of ether oxygens (including phenoxy) is 1. The molecular weight excluding hydrogens is 316 g/mol. The van der Waals surface area contributed by atoms with E-state index in [-0.39, 0.29) is 11.9 Å². The molecule has 25 heavy (non-hydrogen) atoms. The zero-order chi connectivity index (χ0) is 18.6. The summed E-state index contributed by atoms with van der Waals surface area (Å²) in [7, 11) is 0. The Morgan fingerprint density at radius 1 is 1.24 bits per heavy atom. The van der Waals surface area contributed by atoms with Crippen molar-refractivity contribution in [2.45, 2.75) is 71.7 Å². The van der Waals surface area contributed by atoms with Gasteiger partial charge in [-0.2, -0.15) is 0 Å². The van der Waals surface area contributed by atoms with E-state index < -0.39 is 17.7 Å². The molecule has 0 aliphatic carbocycles. The van der Waals surface area contributed by atoms with Crippen molar-refractivity contribution in [3.05, 3.63) is 35.9 Å². The van der Waals surface area contributed by atoms with Crippen LogP contribution in [0.15, 0.2) is 30.3 Å². The lowest BCUT2D eigenvalue weighted by atomic mass is 10.1. The second kappa shape index (κ2) is 7.89. The predicted octanol–water partition coefficient (Wildman–Crippen LogP) is 3.82. The summed E-state index contributed by atoms with van der Waals surface area (Å²) in [6, 6.07) is 9.58.